The lowest BCUT2D eigenvalue weighted by molar-refractivity contribution is -0.191. The van der Waals surface area contributed by atoms with Crippen LogP contribution in [-0.4, -0.2) is 61.1 Å². The fourth-order valence-corrected chi connectivity index (χ4v) is 5.87. The normalized spacial score (nSPS) is 28.1. The molecular weight excluding hydrogens is 486 g/mol. The molecule has 38 heavy (non-hydrogen) atoms. The second-order valence-electron chi connectivity index (χ2n) is 12.2. The van der Waals surface area contributed by atoms with Crippen molar-refractivity contribution in [2.24, 2.45) is 11.8 Å². The fourth-order valence-electron chi connectivity index (χ4n) is 5.87. The van der Waals surface area contributed by atoms with Gasteiger partial charge >= 0.3 is 12.1 Å². The highest BCUT2D eigenvalue weighted by Gasteiger charge is 2.54. The lowest BCUT2D eigenvalue weighted by Gasteiger charge is -2.54. The Balaban J connectivity index is 1.61. The number of hydrogen-bond acceptors (Lipinski definition) is 7. The minimum absolute atomic E-state index is 0.0440. The van der Waals surface area contributed by atoms with Crippen LogP contribution in [0.4, 0.5) is 4.79 Å². The van der Waals surface area contributed by atoms with E-state index in [1.165, 1.54) is 12.7 Å². The first-order valence-corrected chi connectivity index (χ1v) is 13.7. The van der Waals surface area contributed by atoms with E-state index in [1.54, 1.807) is 0 Å². The van der Waals surface area contributed by atoms with Crippen molar-refractivity contribution in [2.45, 2.75) is 90.6 Å². The van der Waals surface area contributed by atoms with E-state index >= 15 is 0 Å². The number of nitrogens with zero attached hydrogens (tertiary/aromatic N) is 1. The third-order valence-corrected chi connectivity index (χ3v) is 7.76. The lowest BCUT2D eigenvalue weighted by Crippen LogP contribution is -2.57. The van der Waals surface area contributed by atoms with Crippen LogP contribution < -0.4 is 9.47 Å². The number of ether oxygens (including phenoxy) is 5. The van der Waals surface area contributed by atoms with Crippen molar-refractivity contribution in [3.8, 4) is 11.5 Å². The number of allylic oxidation sites excluding steroid dienone is 2. The van der Waals surface area contributed by atoms with Gasteiger partial charge in [-0.25, -0.2) is 9.59 Å². The summed E-state index contributed by atoms with van der Waals surface area (Å²) in [6.07, 6.45) is 5.18. The van der Waals surface area contributed by atoms with Gasteiger partial charge in [-0.2, -0.15) is 0 Å². The van der Waals surface area contributed by atoms with Crippen LogP contribution in [-0.2, 0) is 19.0 Å². The second-order valence-corrected chi connectivity index (χ2v) is 12.2. The van der Waals surface area contributed by atoms with Crippen LogP contribution in [0.5, 0.6) is 11.5 Å². The molecule has 0 saturated carbocycles. The second kappa shape index (κ2) is 11.2. The minimum Gasteiger partial charge on any atom is -0.483 e. The molecule has 2 fully saturated rings. The van der Waals surface area contributed by atoms with Gasteiger partial charge in [-0.15, -0.1) is 0 Å². The van der Waals surface area contributed by atoms with E-state index in [1.807, 2.05) is 43.9 Å². The van der Waals surface area contributed by atoms with E-state index in [0.717, 1.165) is 31.2 Å². The molecule has 1 aromatic carbocycles. The van der Waals surface area contributed by atoms with Gasteiger partial charge in [-0.05, 0) is 73.3 Å². The quantitative estimate of drug-likeness (QED) is 0.338. The lowest BCUT2D eigenvalue weighted by atomic mass is 9.68. The maximum atomic E-state index is 12.8. The van der Waals surface area contributed by atoms with Gasteiger partial charge in [0, 0.05) is 30.5 Å². The predicted octanol–water partition coefficient (Wildman–Crippen LogP) is 5.84. The van der Waals surface area contributed by atoms with Crippen LogP contribution in [0.25, 0.3) is 0 Å². The summed E-state index contributed by atoms with van der Waals surface area (Å²) >= 11 is 0. The summed E-state index contributed by atoms with van der Waals surface area (Å²) in [5.41, 5.74) is 1.17. The molecule has 2 saturated heterocycles. The summed E-state index contributed by atoms with van der Waals surface area (Å²) in [5.74, 6) is 1.00. The first-order valence-electron chi connectivity index (χ1n) is 13.7. The van der Waals surface area contributed by atoms with Crippen LogP contribution in [0.1, 0.15) is 78.9 Å². The first-order chi connectivity index (χ1) is 17.9. The number of hydrogen-bond donors (Lipinski definition) is 0. The molecule has 3 heterocycles. The fraction of sp³-hybridized carbons (Fsp3) is 0.667. The number of piperidine rings is 1. The van der Waals surface area contributed by atoms with Crippen LogP contribution in [0.3, 0.4) is 0 Å². The maximum Gasteiger partial charge on any atom is 0.410 e. The number of amides is 1. The van der Waals surface area contributed by atoms with Crippen LogP contribution in [0.2, 0.25) is 0 Å². The van der Waals surface area contributed by atoms with E-state index in [-0.39, 0.29) is 36.7 Å². The standard InChI is InChI=1S/C30H43NO7/c1-19(2)10-9-14-30(6)22-16-20-17-31(28(33)38-29(3,4)5)15-13-23(20)36-26(22)21-11-8-12-24(27(21)37-30)35-18-25(32)34-7/h8,10-12,20,22-23,26H,9,13-18H2,1-7H3/t20-,22-,23-,26+,30+/m0/s1. The summed E-state index contributed by atoms with van der Waals surface area (Å²) < 4.78 is 29.9. The van der Waals surface area contributed by atoms with Crippen molar-refractivity contribution in [3.05, 3.63) is 35.4 Å². The Kier molecular flexibility index (Phi) is 8.31. The summed E-state index contributed by atoms with van der Waals surface area (Å²) in [6.45, 7) is 13.1. The van der Waals surface area contributed by atoms with E-state index in [0.29, 0.717) is 24.6 Å². The molecule has 3 aliphatic rings. The molecule has 0 N–H and O–H groups in total. The highest BCUT2D eigenvalue weighted by molar-refractivity contribution is 5.71. The molecule has 0 bridgehead atoms. The number of fused-ring (bicyclic) bond motifs is 4. The molecule has 210 valence electrons. The van der Waals surface area contributed by atoms with Crippen molar-refractivity contribution < 1.29 is 33.3 Å². The molecule has 8 nitrogen and oxygen atoms in total. The average Bonchev–Trinajstić information content (AvgIpc) is 2.85. The largest absolute Gasteiger partial charge is 0.483 e. The third-order valence-electron chi connectivity index (χ3n) is 7.76. The summed E-state index contributed by atoms with van der Waals surface area (Å²) in [7, 11) is 1.34. The number of likely N-dealkylation sites (tertiary alicyclic amines) is 1. The Morgan fingerprint density at radius 1 is 1.24 bits per heavy atom. The summed E-state index contributed by atoms with van der Waals surface area (Å²) in [4.78, 5) is 26.4. The van der Waals surface area contributed by atoms with Gasteiger partial charge in [0.05, 0.1) is 19.3 Å². The third kappa shape index (κ3) is 6.28. The smallest absolute Gasteiger partial charge is 0.410 e. The molecule has 0 unspecified atom stereocenters. The number of carbonyl (C=O) groups excluding carboxylic acids is 2. The van der Waals surface area contributed by atoms with Gasteiger partial charge in [-0.1, -0.05) is 23.8 Å². The zero-order chi connectivity index (χ0) is 27.7. The predicted molar refractivity (Wildman–Crippen MR) is 143 cm³/mol. The van der Waals surface area contributed by atoms with Crippen molar-refractivity contribution in [2.75, 3.05) is 26.8 Å². The molecule has 0 aromatic heterocycles. The molecular formula is C30H43NO7. The Morgan fingerprint density at radius 3 is 2.68 bits per heavy atom. The molecule has 0 spiro atoms. The van der Waals surface area contributed by atoms with Gasteiger partial charge in [0.25, 0.3) is 0 Å². The Morgan fingerprint density at radius 2 is 2.00 bits per heavy atom. The zero-order valence-corrected chi connectivity index (χ0v) is 23.9. The van der Waals surface area contributed by atoms with E-state index in [2.05, 4.69) is 26.8 Å². The molecule has 1 amide bonds. The van der Waals surface area contributed by atoms with Crippen molar-refractivity contribution in [1.82, 2.24) is 4.90 Å². The molecule has 3 aliphatic heterocycles. The maximum absolute atomic E-state index is 12.8. The summed E-state index contributed by atoms with van der Waals surface area (Å²) in [5, 5.41) is 0. The van der Waals surface area contributed by atoms with Gasteiger partial charge in [0.2, 0.25) is 0 Å². The highest BCUT2D eigenvalue weighted by Crippen LogP contribution is 2.56. The molecule has 1 aromatic rings. The number of esters is 1. The van der Waals surface area contributed by atoms with Crippen molar-refractivity contribution >= 4 is 12.1 Å². The van der Waals surface area contributed by atoms with E-state index in [4.69, 9.17) is 23.7 Å². The highest BCUT2D eigenvalue weighted by atomic mass is 16.6. The minimum atomic E-state index is -0.528. The Hall–Kier alpha value is -2.74. The molecule has 0 aliphatic carbocycles. The van der Waals surface area contributed by atoms with Crippen LogP contribution in [0, 0.1) is 11.8 Å². The zero-order valence-electron chi connectivity index (χ0n) is 23.9. The number of benzene rings is 1. The first kappa shape index (κ1) is 28.3. The monoisotopic (exact) mass is 529 g/mol. The number of para-hydroxylation sites is 1. The van der Waals surface area contributed by atoms with Crippen LogP contribution in [0.15, 0.2) is 29.8 Å². The molecule has 5 atom stereocenters. The van der Waals surface area contributed by atoms with Gasteiger partial charge in [0.1, 0.15) is 11.2 Å². The Bertz CT molecular complexity index is 1060. The molecule has 8 heteroatoms. The van der Waals surface area contributed by atoms with Crippen molar-refractivity contribution in [1.29, 1.82) is 0 Å². The van der Waals surface area contributed by atoms with E-state index in [9.17, 15) is 9.59 Å². The molecule has 4 rings (SSSR count). The van der Waals surface area contributed by atoms with Crippen molar-refractivity contribution in [3.63, 3.8) is 0 Å². The average molecular weight is 530 g/mol. The van der Waals surface area contributed by atoms with E-state index < -0.39 is 17.2 Å². The molecule has 0 radical (unpaired) electrons. The number of methoxy groups -OCH3 is 1. The number of rotatable bonds is 6. The number of carbonyl (C=O) groups is 2. The SMILES string of the molecule is COC(=O)COc1cccc2c1O[C@](C)(CCC=C(C)C)[C@H]1C[C@H]3CN(C(=O)OC(C)(C)C)CC[C@@H]3O[C@H]21. The van der Waals surface area contributed by atoms with Gasteiger partial charge in [-0.3, -0.25) is 0 Å². The van der Waals surface area contributed by atoms with Gasteiger partial charge in [0.15, 0.2) is 18.1 Å². The topological polar surface area (TPSA) is 83.5 Å². The summed E-state index contributed by atoms with van der Waals surface area (Å²) in [6, 6.07) is 5.77. The van der Waals surface area contributed by atoms with Gasteiger partial charge < -0.3 is 28.6 Å². The van der Waals surface area contributed by atoms with Crippen LogP contribution >= 0.6 is 0 Å². The Labute approximate surface area is 226 Å².